The van der Waals surface area contributed by atoms with Crippen LogP contribution in [0.5, 0.6) is 0 Å². The Hall–Kier alpha value is -2.60. The van der Waals surface area contributed by atoms with Crippen LogP contribution in [0.25, 0.3) is 5.69 Å². The molecule has 150 valence electrons. The second-order valence-corrected chi connectivity index (χ2v) is 8.40. The SMILES string of the molecule is C[C@@H]1CCCCN1C(=O)CSc1nnc(Cc2ccccc2)n1-c1ccccc1. The number of likely N-dealkylation sites (tertiary alicyclic amines) is 1. The van der Waals surface area contributed by atoms with E-state index in [2.05, 4.69) is 46.0 Å². The zero-order valence-corrected chi connectivity index (χ0v) is 17.5. The number of thioether (sulfide) groups is 1. The highest BCUT2D eigenvalue weighted by atomic mass is 32.2. The Labute approximate surface area is 176 Å². The number of rotatable bonds is 6. The van der Waals surface area contributed by atoms with Crippen LogP contribution in [0, 0.1) is 0 Å². The van der Waals surface area contributed by atoms with E-state index in [1.54, 1.807) is 0 Å². The number of para-hydroxylation sites is 1. The second-order valence-electron chi connectivity index (χ2n) is 7.45. The highest BCUT2D eigenvalue weighted by Gasteiger charge is 2.24. The highest BCUT2D eigenvalue weighted by molar-refractivity contribution is 7.99. The first-order valence-electron chi connectivity index (χ1n) is 10.2. The van der Waals surface area contributed by atoms with E-state index in [9.17, 15) is 4.79 Å². The number of piperidine rings is 1. The van der Waals surface area contributed by atoms with E-state index in [1.807, 2.05) is 41.3 Å². The number of nitrogens with zero attached hydrogens (tertiary/aromatic N) is 4. The predicted octanol–water partition coefficient (Wildman–Crippen LogP) is 4.35. The van der Waals surface area contributed by atoms with Crippen LogP contribution in [0.15, 0.2) is 65.8 Å². The molecule has 0 spiro atoms. The first kappa shape index (κ1) is 19.7. The van der Waals surface area contributed by atoms with Crippen molar-refractivity contribution in [1.82, 2.24) is 19.7 Å². The van der Waals surface area contributed by atoms with Gasteiger partial charge in [0, 0.05) is 24.7 Å². The van der Waals surface area contributed by atoms with Gasteiger partial charge in [0.05, 0.1) is 5.75 Å². The van der Waals surface area contributed by atoms with E-state index in [1.165, 1.54) is 23.7 Å². The number of hydrogen-bond acceptors (Lipinski definition) is 4. The zero-order valence-electron chi connectivity index (χ0n) is 16.7. The molecule has 1 atom stereocenters. The first-order valence-corrected chi connectivity index (χ1v) is 11.2. The summed E-state index contributed by atoms with van der Waals surface area (Å²) in [7, 11) is 0. The van der Waals surface area contributed by atoms with Crippen molar-refractivity contribution in [1.29, 1.82) is 0 Å². The van der Waals surface area contributed by atoms with Crippen LogP contribution in [0.1, 0.15) is 37.6 Å². The Morgan fingerprint density at radius 3 is 2.48 bits per heavy atom. The molecule has 0 radical (unpaired) electrons. The third-order valence-corrected chi connectivity index (χ3v) is 6.28. The minimum absolute atomic E-state index is 0.189. The van der Waals surface area contributed by atoms with E-state index in [0.29, 0.717) is 18.2 Å². The Bertz CT molecular complexity index is 942. The average Bonchev–Trinajstić information content (AvgIpc) is 3.16. The molecule has 6 heteroatoms. The molecule has 1 aromatic heterocycles. The minimum Gasteiger partial charge on any atom is -0.339 e. The van der Waals surface area contributed by atoms with Crippen molar-refractivity contribution >= 4 is 17.7 Å². The zero-order chi connectivity index (χ0) is 20.1. The molecule has 2 heterocycles. The molecule has 0 saturated carbocycles. The van der Waals surface area contributed by atoms with E-state index in [0.717, 1.165) is 36.1 Å². The second kappa shape index (κ2) is 9.27. The number of amides is 1. The fraction of sp³-hybridized carbons (Fsp3) is 0.348. The van der Waals surface area contributed by atoms with Gasteiger partial charge < -0.3 is 4.90 Å². The van der Waals surface area contributed by atoms with E-state index in [4.69, 9.17) is 0 Å². The normalized spacial score (nSPS) is 16.7. The Balaban J connectivity index is 1.55. The summed E-state index contributed by atoms with van der Waals surface area (Å²) in [6, 6.07) is 20.7. The maximum atomic E-state index is 12.8. The van der Waals surface area contributed by atoms with Gasteiger partial charge in [0.25, 0.3) is 0 Å². The van der Waals surface area contributed by atoms with Crippen LogP contribution < -0.4 is 0 Å². The van der Waals surface area contributed by atoms with Crippen molar-refractivity contribution in [2.24, 2.45) is 0 Å². The predicted molar refractivity (Wildman–Crippen MR) is 116 cm³/mol. The third-order valence-electron chi connectivity index (χ3n) is 5.37. The van der Waals surface area contributed by atoms with Gasteiger partial charge in [0.2, 0.25) is 5.91 Å². The summed E-state index contributed by atoms with van der Waals surface area (Å²) in [5, 5.41) is 9.65. The molecule has 0 N–H and O–H groups in total. The molecule has 0 bridgehead atoms. The molecule has 29 heavy (non-hydrogen) atoms. The molecule has 1 aliphatic rings. The largest absolute Gasteiger partial charge is 0.339 e. The summed E-state index contributed by atoms with van der Waals surface area (Å²) in [5.74, 6) is 1.46. The van der Waals surface area contributed by atoms with Crippen LogP contribution >= 0.6 is 11.8 Å². The van der Waals surface area contributed by atoms with E-state index < -0.39 is 0 Å². The summed E-state index contributed by atoms with van der Waals surface area (Å²) in [6.07, 6.45) is 4.10. The van der Waals surface area contributed by atoms with Crippen molar-refractivity contribution in [2.45, 2.75) is 43.8 Å². The lowest BCUT2D eigenvalue weighted by Gasteiger charge is -2.33. The van der Waals surface area contributed by atoms with Gasteiger partial charge in [-0.2, -0.15) is 0 Å². The van der Waals surface area contributed by atoms with Gasteiger partial charge in [-0.15, -0.1) is 10.2 Å². The highest BCUT2D eigenvalue weighted by Crippen LogP contribution is 2.25. The van der Waals surface area contributed by atoms with Gasteiger partial charge in [-0.05, 0) is 43.9 Å². The maximum Gasteiger partial charge on any atom is 0.233 e. The summed E-state index contributed by atoms with van der Waals surface area (Å²) in [4.78, 5) is 14.8. The number of hydrogen-bond donors (Lipinski definition) is 0. The number of aromatic nitrogens is 3. The molecule has 1 amide bonds. The molecular formula is C23H26N4OS. The number of carbonyl (C=O) groups excluding carboxylic acids is 1. The van der Waals surface area contributed by atoms with Crippen molar-refractivity contribution in [2.75, 3.05) is 12.3 Å². The van der Waals surface area contributed by atoms with Crippen LogP contribution in [-0.4, -0.2) is 43.9 Å². The lowest BCUT2D eigenvalue weighted by molar-refractivity contribution is -0.131. The Morgan fingerprint density at radius 2 is 1.76 bits per heavy atom. The molecule has 1 saturated heterocycles. The van der Waals surface area contributed by atoms with Gasteiger partial charge in [-0.25, -0.2) is 0 Å². The fourth-order valence-corrected chi connectivity index (χ4v) is 4.66. The third kappa shape index (κ3) is 4.70. The van der Waals surface area contributed by atoms with Crippen molar-refractivity contribution in [3.8, 4) is 5.69 Å². The standard InChI is InChI=1S/C23H26N4OS/c1-18-10-8-9-15-26(18)22(28)17-29-23-25-24-21(16-19-11-4-2-5-12-19)27(23)20-13-6-3-7-14-20/h2-7,11-14,18H,8-10,15-17H2,1H3/t18-/m1/s1. The van der Waals surface area contributed by atoms with E-state index >= 15 is 0 Å². The van der Waals surface area contributed by atoms with Crippen LogP contribution in [0.3, 0.4) is 0 Å². The van der Waals surface area contributed by atoms with Gasteiger partial charge in [0.15, 0.2) is 5.16 Å². The van der Waals surface area contributed by atoms with Crippen molar-refractivity contribution in [3.05, 3.63) is 72.1 Å². The quantitative estimate of drug-likeness (QED) is 0.571. The minimum atomic E-state index is 0.189. The monoisotopic (exact) mass is 406 g/mol. The molecule has 0 unspecified atom stereocenters. The topological polar surface area (TPSA) is 51.0 Å². The van der Waals surface area contributed by atoms with Crippen molar-refractivity contribution < 1.29 is 4.79 Å². The Kier molecular flexibility index (Phi) is 6.30. The molecule has 3 aromatic rings. The average molecular weight is 407 g/mol. The van der Waals surface area contributed by atoms with Gasteiger partial charge in [0.1, 0.15) is 5.82 Å². The fourth-order valence-electron chi connectivity index (χ4n) is 3.80. The van der Waals surface area contributed by atoms with Crippen LogP contribution in [0.4, 0.5) is 0 Å². The van der Waals surface area contributed by atoms with Crippen molar-refractivity contribution in [3.63, 3.8) is 0 Å². The molecule has 2 aromatic carbocycles. The van der Waals surface area contributed by atoms with Crippen LogP contribution in [-0.2, 0) is 11.2 Å². The lowest BCUT2D eigenvalue weighted by Crippen LogP contribution is -2.42. The number of benzene rings is 2. The molecule has 5 nitrogen and oxygen atoms in total. The molecule has 1 aliphatic heterocycles. The molecule has 0 aliphatic carbocycles. The maximum absolute atomic E-state index is 12.8. The van der Waals surface area contributed by atoms with Gasteiger partial charge >= 0.3 is 0 Å². The van der Waals surface area contributed by atoms with E-state index in [-0.39, 0.29) is 5.91 Å². The summed E-state index contributed by atoms with van der Waals surface area (Å²) in [5.41, 5.74) is 2.21. The summed E-state index contributed by atoms with van der Waals surface area (Å²) >= 11 is 1.48. The molecule has 4 rings (SSSR count). The van der Waals surface area contributed by atoms with Crippen LogP contribution in [0.2, 0.25) is 0 Å². The molecular weight excluding hydrogens is 380 g/mol. The summed E-state index contributed by atoms with van der Waals surface area (Å²) < 4.78 is 2.07. The first-order chi connectivity index (χ1) is 14.2. The van der Waals surface area contributed by atoms with Gasteiger partial charge in [-0.1, -0.05) is 60.3 Å². The molecule has 1 fully saturated rings. The summed E-state index contributed by atoms with van der Waals surface area (Å²) in [6.45, 7) is 3.01. The Morgan fingerprint density at radius 1 is 1.03 bits per heavy atom. The van der Waals surface area contributed by atoms with Gasteiger partial charge in [-0.3, -0.25) is 9.36 Å². The lowest BCUT2D eigenvalue weighted by atomic mass is 10.0. The number of carbonyl (C=O) groups is 1. The smallest absolute Gasteiger partial charge is 0.233 e.